The molecule has 2 saturated heterocycles. The van der Waals surface area contributed by atoms with Gasteiger partial charge in [-0.3, -0.25) is 4.79 Å². The number of amides is 1. The van der Waals surface area contributed by atoms with Crippen LogP contribution < -0.4 is 5.32 Å². The van der Waals surface area contributed by atoms with Crippen LogP contribution in [0.4, 0.5) is 8.78 Å². The second-order valence-corrected chi connectivity index (χ2v) is 5.69. The summed E-state index contributed by atoms with van der Waals surface area (Å²) in [5, 5.41) is 3.51. The zero-order chi connectivity index (χ0) is 14.1. The molecule has 2 aliphatic rings. The third-order valence-corrected chi connectivity index (χ3v) is 4.22. The Morgan fingerprint density at radius 1 is 1.19 bits per heavy atom. The molecule has 1 aromatic rings. The van der Waals surface area contributed by atoms with Crippen molar-refractivity contribution in [1.82, 2.24) is 10.2 Å². The molecule has 1 N–H and O–H groups in total. The van der Waals surface area contributed by atoms with Gasteiger partial charge in [-0.05, 0) is 37.0 Å². The molecule has 6 heteroatoms. The number of rotatable bonds is 2. The van der Waals surface area contributed by atoms with Crippen LogP contribution in [0.25, 0.3) is 0 Å². The number of carbonyl (C=O) groups is 1. The Morgan fingerprint density at radius 2 is 1.95 bits per heavy atom. The van der Waals surface area contributed by atoms with Gasteiger partial charge in [0, 0.05) is 25.2 Å². The second kappa shape index (κ2) is 6.71. The number of hydrogen-bond donors (Lipinski definition) is 1. The molecule has 0 aromatic heterocycles. The van der Waals surface area contributed by atoms with Crippen molar-refractivity contribution >= 4 is 18.3 Å². The number of carbonyl (C=O) groups excluding carboxylic acids is 1. The number of likely N-dealkylation sites (tertiary alicyclic amines) is 1. The monoisotopic (exact) mass is 316 g/mol. The molecular weight excluding hydrogens is 298 g/mol. The van der Waals surface area contributed by atoms with Gasteiger partial charge in [-0.25, -0.2) is 8.78 Å². The SMILES string of the molecule is Cl.O=C(Cc1ccc(F)c(F)c1)N1CCC2CCC(C1)N2. The van der Waals surface area contributed by atoms with Gasteiger partial charge in [-0.2, -0.15) is 0 Å². The molecule has 2 fully saturated rings. The highest BCUT2D eigenvalue weighted by Gasteiger charge is 2.30. The quantitative estimate of drug-likeness (QED) is 0.908. The Bertz CT molecular complexity index is 526. The van der Waals surface area contributed by atoms with Crippen molar-refractivity contribution in [2.45, 2.75) is 37.8 Å². The van der Waals surface area contributed by atoms with Crippen LogP contribution >= 0.6 is 12.4 Å². The zero-order valence-electron chi connectivity index (χ0n) is 11.6. The summed E-state index contributed by atoms with van der Waals surface area (Å²) in [6, 6.07) is 4.56. The normalized spacial score (nSPS) is 24.4. The van der Waals surface area contributed by atoms with Gasteiger partial charge in [0.2, 0.25) is 5.91 Å². The average molecular weight is 317 g/mol. The summed E-state index contributed by atoms with van der Waals surface area (Å²) >= 11 is 0. The molecule has 0 saturated carbocycles. The van der Waals surface area contributed by atoms with Crippen molar-refractivity contribution in [1.29, 1.82) is 0 Å². The fourth-order valence-electron chi connectivity index (χ4n) is 3.11. The van der Waals surface area contributed by atoms with Crippen molar-refractivity contribution in [2.75, 3.05) is 13.1 Å². The molecule has 0 aliphatic carbocycles. The van der Waals surface area contributed by atoms with Crippen LogP contribution in [0.2, 0.25) is 0 Å². The van der Waals surface area contributed by atoms with Crippen molar-refractivity contribution < 1.29 is 13.6 Å². The lowest BCUT2D eigenvalue weighted by Gasteiger charge is -2.24. The van der Waals surface area contributed by atoms with Crippen LogP contribution in [-0.4, -0.2) is 36.0 Å². The highest BCUT2D eigenvalue weighted by molar-refractivity contribution is 5.85. The molecule has 2 heterocycles. The minimum Gasteiger partial charge on any atom is -0.341 e. The Balaban J connectivity index is 0.00000161. The highest BCUT2D eigenvalue weighted by Crippen LogP contribution is 2.21. The van der Waals surface area contributed by atoms with E-state index in [-0.39, 0.29) is 24.7 Å². The van der Waals surface area contributed by atoms with E-state index in [4.69, 9.17) is 0 Å². The molecule has 116 valence electrons. The molecule has 21 heavy (non-hydrogen) atoms. The fourth-order valence-corrected chi connectivity index (χ4v) is 3.11. The summed E-state index contributed by atoms with van der Waals surface area (Å²) in [6.07, 6.45) is 3.41. The van der Waals surface area contributed by atoms with E-state index >= 15 is 0 Å². The minimum atomic E-state index is -0.896. The number of nitrogens with zero attached hydrogens (tertiary/aromatic N) is 1. The molecule has 2 aliphatic heterocycles. The summed E-state index contributed by atoms with van der Waals surface area (Å²) in [7, 11) is 0. The summed E-state index contributed by atoms with van der Waals surface area (Å²) in [6.45, 7) is 1.47. The highest BCUT2D eigenvalue weighted by atomic mass is 35.5. The van der Waals surface area contributed by atoms with E-state index in [1.54, 1.807) is 0 Å². The third kappa shape index (κ3) is 3.71. The van der Waals surface area contributed by atoms with Crippen LogP contribution in [-0.2, 0) is 11.2 Å². The topological polar surface area (TPSA) is 32.3 Å². The van der Waals surface area contributed by atoms with E-state index in [0.29, 0.717) is 17.6 Å². The van der Waals surface area contributed by atoms with Crippen molar-refractivity contribution in [3.05, 3.63) is 35.4 Å². The van der Waals surface area contributed by atoms with Gasteiger partial charge in [0.15, 0.2) is 11.6 Å². The van der Waals surface area contributed by atoms with Gasteiger partial charge in [-0.1, -0.05) is 6.07 Å². The van der Waals surface area contributed by atoms with Crippen molar-refractivity contribution in [2.24, 2.45) is 0 Å². The Kier molecular flexibility index (Phi) is 5.17. The number of fused-ring (bicyclic) bond motifs is 2. The molecule has 2 unspecified atom stereocenters. The number of nitrogens with one attached hydrogen (secondary N) is 1. The van der Waals surface area contributed by atoms with Crippen LogP contribution in [0.1, 0.15) is 24.8 Å². The molecular formula is C15H19ClF2N2O. The predicted octanol–water partition coefficient (Wildman–Crippen LogP) is 2.28. The standard InChI is InChI=1S/C15H18F2N2O.ClH/c16-13-4-1-10(7-14(13)17)8-15(20)19-6-5-11-2-3-12(9-19)18-11;/h1,4,7,11-12,18H,2-3,5-6,8-9H2;1H. The van der Waals surface area contributed by atoms with Crippen molar-refractivity contribution in [3.8, 4) is 0 Å². The second-order valence-electron chi connectivity index (χ2n) is 5.69. The molecule has 2 atom stereocenters. The molecule has 2 bridgehead atoms. The first-order valence-corrected chi connectivity index (χ1v) is 7.09. The number of halogens is 3. The lowest BCUT2D eigenvalue weighted by molar-refractivity contribution is -0.130. The van der Waals surface area contributed by atoms with Gasteiger partial charge < -0.3 is 10.2 Å². The summed E-state index contributed by atoms with van der Waals surface area (Å²) in [5.74, 6) is -1.78. The Labute approximate surface area is 129 Å². The summed E-state index contributed by atoms with van der Waals surface area (Å²) < 4.78 is 26.0. The van der Waals surface area contributed by atoms with E-state index in [1.807, 2.05) is 4.90 Å². The molecule has 1 aromatic carbocycles. The van der Waals surface area contributed by atoms with Crippen LogP contribution in [0.15, 0.2) is 18.2 Å². The Morgan fingerprint density at radius 3 is 2.71 bits per heavy atom. The predicted molar refractivity (Wildman–Crippen MR) is 78.5 cm³/mol. The lowest BCUT2D eigenvalue weighted by atomic mass is 10.1. The van der Waals surface area contributed by atoms with E-state index in [0.717, 1.165) is 38.1 Å². The smallest absolute Gasteiger partial charge is 0.227 e. The lowest BCUT2D eigenvalue weighted by Crippen LogP contribution is -2.39. The Hall–Kier alpha value is -1.20. The van der Waals surface area contributed by atoms with Crippen LogP contribution in [0.5, 0.6) is 0 Å². The maximum atomic E-state index is 13.1. The van der Waals surface area contributed by atoms with Crippen molar-refractivity contribution in [3.63, 3.8) is 0 Å². The van der Waals surface area contributed by atoms with E-state index in [1.165, 1.54) is 12.5 Å². The fraction of sp³-hybridized carbons (Fsp3) is 0.533. The molecule has 3 rings (SSSR count). The first-order chi connectivity index (χ1) is 9.61. The van der Waals surface area contributed by atoms with Crippen LogP contribution in [0, 0.1) is 11.6 Å². The van der Waals surface area contributed by atoms with Gasteiger partial charge in [0.05, 0.1) is 6.42 Å². The van der Waals surface area contributed by atoms with Gasteiger partial charge in [-0.15, -0.1) is 12.4 Å². The minimum absolute atomic E-state index is 0. The zero-order valence-corrected chi connectivity index (χ0v) is 12.5. The molecule has 1 amide bonds. The van der Waals surface area contributed by atoms with Gasteiger partial charge >= 0.3 is 0 Å². The summed E-state index contributed by atoms with van der Waals surface area (Å²) in [5.41, 5.74) is 0.524. The maximum absolute atomic E-state index is 13.1. The van der Waals surface area contributed by atoms with Gasteiger partial charge in [0.25, 0.3) is 0 Å². The molecule has 0 radical (unpaired) electrons. The molecule has 0 spiro atoms. The first-order valence-electron chi connectivity index (χ1n) is 7.09. The largest absolute Gasteiger partial charge is 0.341 e. The van der Waals surface area contributed by atoms with Crippen LogP contribution in [0.3, 0.4) is 0 Å². The first kappa shape index (κ1) is 16.2. The molecule has 3 nitrogen and oxygen atoms in total. The van der Waals surface area contributed by atoms with Gasteiger partial charge in [0.1, 0.15) is 0 Å². The van der Waals surface area contributed by atoms with E-state index in [2.05, 4.69) is 5.32 Å². The number of benzene rings is 1. The average Bonchev–Trinajstić information content (AvgIpc) is 2.73. The number of hydrogen-bond acceptors (Lipinski definition) is 2. The van der Waals surface area contributed by atoms with E-state index < -0.39 is 11.6 Å². The summed E-state index contributed by atoms with van der Waals surface area (Å²) in [4.78, 5) is 14.1. The third-order valence-electron chi connectivity index (χ3n) is 4.22. The van der Waals surface area contributed by atoms with E-state index in [9.17, 15) is 13.6 Å². The maximum Gasteiger partial charge on any atom is 0.227 e.